The van der Waals surface area contributed by atoms with Crippen molar-refractivity contribution in [1.82, 2.24) is 24.4 Å². The Morgan fingerprint density at radius 3 is 2.88 bits per heavy atom. The van der Waals surface area contributed by atoms with E-state index in [0.717, 1.165) is 25.1 Å². The fraction of sp³-hybridized carbons (Fsp3) is 0.500. The quantitative estimate of drug-likeness (QED) is 0.879. The fourth-order valence-electron chi connectivity index (χ4n) is 3.71. The molecule has 1 saturated carbocycles. The maximum atomic E-state index is 12.6. The lowest BCUT2D eigenvalue weighted by atomic mass is 9.87. The van der Waals surface area contributed by atoms with Gasteiger partial charge < -0.3 is 14.8 Å². The highest BCUT2D eigenvalue weighted by molar-refractivity contribution is 5.78. The number of nitrogens with one attached hydrogen (secondary N) is 1. The number of nitriles is 1. The molecule has 2 aliphatic rings. The standard InChI is InChI=1S/C18H21N7O/c1-24-7-6-21-18(24)17-12(2-5-16(26)25(17)14-3-4-14)9-22-15-11-20-10-13(8-19)23-15/h6-7,10-12,14,17H,2-5,9H2,1H3,(H,22,23)/t12-,17+/m1/s1. The Kier molecular flexibility index (Phi) is 4.29. The molecule has 4 rings (SSSR count). The van der Waals surface area contributed by atoms with E-state index in [4.69, 9.17) is 5.26 Å². The molecular formula is C18H21N7O. The van der Waals surface area contributed by atoms with Crippen LogP contribution in [0.1, 0.15) is 43.2 Å². The minimum Gasteiger partial charge on any atom is -0.368 e. The van der Waals surface area contributed by atoms with E-state index in [9.17, 15) is 4.79 Å². The van der Waals surface area contributed by atoms with Gasteiger partial charge in [0, 0.05) is 44.4 Å². The predicted molar refractivity (Wildman–Crippen MR) is 93.8 cm³/mol. The molecule has 1 N–H and O–H groups in total. The monoisotopic (exact) mass is 351 g/mol. The minimum absolute atomic E-state index is 0.0386. The molecule has 1 aliphatic carbocycles. The van der Waals surface area contributed by atoms with Gasteiger partial charge in [-0.25, -0.2) is 9.97 Å². The zero-order valence-electron chi connectivity index (χ0n) is 14.7. The number of hydrogen-bond donors (Lipinski definition) is 1. The largest absolute Gasteiger partial charge is 0.368 e. The lowest BCUT2D eigenvalue weighted by Crippen LogP contribution is -2.46. The van der Waals surface area contributed by atoms with Gasteiger partial charge in [0.25, 0.3) is 0 Å². The second-order valence-electron chi connectivity index (χ2n) is 6.95. The van der Waals surface area contributed by atoms with Crippen molar-refractivity contribution in [3.63, 3.8) is 0 Å². The van der Waals surface area contributed by atoms with Crippen LogP contribution in [-0.2, 0) is 11.8 Å². The van der Waals surface area contributed by atoms with Crippen LogP contribution in [-0.4, -0.2) is 42.9 Å². The van der Waals surface area contributed by atoms with Crippen molar-refractivity contribution in [1.29, 1.82) is 5.26 Å². The first kappa shape index (κ1) is 16.5. The Morgan fingerprint density at radius 2 is 2.19 bits per heavy atom. The van der Waals surface area contributed by atoms with Crippen molar-refractivity contribution in [3.05, 3.63) is 36.3 Å². The molecule has 0 aromatic carbocycles. The molecule has 1 amide bonds. The smallest absolute Gasteiger partial charge is 0.223 e. The molecule has 0 radical (unpaired) electrons. The van der Waals surface area contributed by atoms with Gasteiger partial charge in [0.15, 0.2) is 5.69 Å². The van der Waals surface area contributed by atoms with Gasteiger partial charge in [0.1, 0.15) is 17.7 Å². The Labute approximate surface area is 151 Å². The van der Waals surface area contributed by atoms with Crippen LogP contribution in [0.5, 0.6) is 0 Å². The average molecular weight is 351 g/mol. The van der Waals surface area contributed by atoms with Crippen molar-refractivity contribution >= 4 is 11.7 Å². The van der Waals surface area contributed by atoms with E-state index in [1.54, 1.807) is 12.4 Å². The molecule has 2 fully saturated rings. The number of anilines is 1. The summed E-state index contributed by atoms with van der Waals surface area (Å²) < 4.78 is 2.00. The second kappa shape index (κ2) is 6.75. The predicted octanol–water partition coefficient (Wildman–Crippen LogP) is 1.64. The molecule has 26 heavy (non-hydrogen) atoms. The van der Waals surface area contributed by atoms with Crippen LogP contribution >= 0.6 is 0 Å². The highest BCUT2D eigenvalue weighted by Crippen LogP contribution is 2.42. The summed E-state index contributed by atoms with van der Waals surface area (Å²) in [6, 6.07) is 2.30. The van der Waals surface area contributed by atoms with Crippen LogP contribution in [0.4, 0.5) is 5.82 Å². The topological polar surface area (TPSA) is 99.7 Å². The van der Waals surface area contributed by atoms with Gasteiger partial charge in [-0.05, 0) is 19.3 Å². The first-order chi connectivity index (χ1) is 12.7. The van der Waals surface area contributed by atoms with E-state index in [1.165, 1.54) is 6.20 Å². The number of aromatic nitrogens is 4. The van der Waals surface area contributed by atoms with Crippen LogP contribution in [0.3, 0.4) is 0 Å². The van der Waals surface area contributed by atoms with Gasteiger partial charge >= 0.3 is 0 Å². The molecule has 0 spiro atoms. The number of carbonyl (C=O) groups excluding carboxylic acids is 1. The zero-order chi connectivity index (χ0) is 18.1. The Balaban J connectivity index is 1.57. The summed E-state index contributed by atoms with van der Waals surface area (Å²) in [6.07, 6.45) is 10.3. The Hall–Kier alpha value is -2.95. The van der Waals surface area contributed by atoms with Gasteiger partial charge in [-0.3, -0.25) is 9.78 Å². The van der Waals surface area contributed by atoms with Crippen molar-refractivity contribution in [2.75, 3.05) is 11.9 Å². The van der Waals surface area contributed by atoms with Crippen LogP contribution < -0.4 is 5.32 Å². The zero-order valence-corrected chi connectivity index (χ0v) is 14.7. The Morgan fingerprint density at radius 1 is 1.35 bits per heavy atom. The third-order valence-corrected chi connectivity index (χ3v) is 5.12. The molecule has 0 unspecified atom stereocenters. The first-order valence-corrected chi connectivity index (χ1v) is 8.91. The minimum atomic E-state index is -0.0386. The van der Waals surface area contributed by atoms with Gasteiger partial charge in [0.2, 0.25) is 5.91 Å². The van der Waals surface area contributed by atoms with E-state index in [1.807, 2.05) is 23.9 Å². The molecular weight excluding hydrogens is 330 g/mol. The molecule has 8 nitrogen and oxygen atoms in total. The molecule has 2 aromatic rings. The normalized spacial score (nSPS) is 22.9. The van der Waals surface area contributed by atoms with Gasteiger partial charge in [0.05, 0.1) is 18.4 Å². The second-order valence-corrected chi connectivity index (χ2v) is 6.95. The number of hydrogen-bond acceptors (Lipinski definition) is 6. The number of imidazole rings is 1. The molecule has 1 aliphatic heterocycles. The molecule has 134 valence electrons. The molecule has 2 atom stereocenters. The lowest BCUT2D eigenvalue weighted by Gasteiger charge is -2.41. The average Bonchev–Trinajstić information content (AvgIpc) is 3.41. The van der Waals surface area contributed by atoms with Crippen LogP contribution in [0.2, 0.25) is 0 Å². The maximum absolute atomic E-state index is 12.6. The number of nitrogens with zero attached hydrogens (tertiary/aromatic N) is 6. The van der Waals surface area contributed by atoms with Crippen molar-refractivity contribution < 1.29 is 4.79 Å². The van der Waals surface area contributed by atoms with Crippen molar-refractivity contribution in [2.45, 2.75) is 37.8 Å². The molecule has 8 heteroatoms. The number of likely N-dealkylation sites (tertiary alicyclic amines) is 1. The summed E-state index contributed by atoms with van der Waals surface area (Å²) in [4.78, 5) is 27.5. The Bertz CT molecular complexity index is 851. The summed E-state index contributed by atoms with van der Waals surface area (Å²) in [5, 5.41) is 12.3. The summed E-state index contributed by atoms with van der Waals surface area (Å²) in [7, 11) is 1.97. The van der Waals surface area contributed by atoms with Crippen molar-refractivity contribution in [2.24, 2.45) is 13.0 Å². The highest BCUT2D eigenvalue weighted by atomic mass is 16.2. The fourth-order valence-corrected chi connectivity index (χ4v) is 3.71. The van der Waals surface area contributed by atoms with E-state index in [0.29, 0.717) is 24.8 Å². The van der Waals surface area contributed by atoms with Gasteiger partial charge in [-0.15, -0.1) is 0 Å². The number of aryl methyl sites for hydroxylation is 1. The highest BCUT2D eigenvalue weighted by Gasteiger charge is 2.45. The van der Waals surface area contributed by atoms with Gasteiger partial charge in [-0.1, -0.05) is 0 Å². The third kappa shape index (κ3) is 3.12. The lowest BCUT2D eigenvalue weighted by molar-refractivity contribution is -0.140. The molecule has 0 bridgehead atoms. The SMILES string of the molecule is Cn1ccnc1[C@@H]1[C@@H](CNc2cncc(C#N)n2)CCC(=O)N1C1CC1. The van der Waals surface area contributed by atoms with Gasteiger partial charge in [-0.2, -0.15) is 5.26 Å². The van der Waals surface area contributed by atoms with E-state index in [2.05, 4.69) is 25.2 Å². The van der Waals surface area contributed by atoms with Crippen molar-refractivity contribution in [3.8, 4) is 6.07 Å². The van der Waals surface area contributed by atoms with Crippen LogP contribution in [0.15, 0.2) is 24.8 Å². The summed E-state index contributed by atoms with van der Waals surface area (Å²) in [5.74, 6) is 1.95. The van der Waals surface area contributed by atoms with Crippen LogP contribution in [0.25, 0.3) is 0 Å². The molecule has 3 heterocycles. The first-order valence-electron chi connectivity index (χ1n) is 8.91. The van der Waals surface area contributed by atoms with Crippen LogP contribution in [0, 0.1) is 17.2 Å². The van der Waals surface area contributed by atoms with E-state index >= 15 is 0 Å². The molecule has 2 aromatic heterocycles. The third-order valence-electron chi connectivity index (χ3n) is 5.12. The number of piperidine rings is 1. The summed E-state index contributed by atoms with van der Waals surface area (Å²) in [5.41, 5.74) is 0.286. The van der Waals surface area contributed by atoms with E-state index < -0.39 is 0 Å². The summed E-state index contributed by atoms with van der Waals surface area (Å²) in [6.45, 7) is 0.650. The summed E-state index contributed by atoms with van der Waals surface area (Å²) >= 11 is 0. The maximum Gasteiger partial charge on any atom is 0.223 e. The number of carbonyl (C=O) groups is 1. The molecule has 1 saturated heterocycles. The van der Waals surface area contributed by atoms with E-state index in [-0.39, 0.29) is 23.6 Å². The number of amides is 1. The number of rotatable bonds is 5.